The van der Waals surface area contributed by atoms with Crippen LogP contribution in [-0.4, -0.2) is 48.1 Å². The molecule has 0 saturated heterocycles. The molecular formula is C14H32N2O2. The summed E-state index contributed by atoms with van der Waals surface area (Å²) in [5.41, 5.74) is 0. The van der Waals surface area contributed by atoms with Crippen LogP contribution in [0.3, 0.4) is 0 Å². The normalized spacial score (nSPS) is 17.2. The summed E-state index contributed by atoms with van der Waals surface area (Å²) in [5, 5.41) is 26.0. The van der Waals surface area contributed by atoms with Crippen molar-refractivity contribution in [2.45, 2.75) is 59.3 Å². The van der Waals surface area contributed by atoms with Crippen LogP contribution in [0.15, 0.2) is 0 Å². The predicted octanol–water partition coefficient (Wildman–Crippen LogP) is 0.978. The lowest BCUT2D eigenvalue weighted by atomic mass is 10.0. The van der Waals surface area contributed by atoms with Gasteiger partial charge in [0.2, 0.25) is 0 Å². The van der Waals surface area contributed by atoms with Crippen LogP contribution >= 0.6 is 0 Å². The average molecular weight is 260 g/mol. The third-order valence-electron chi connectivity index (χ3n) is 3.29. The second-order valence-corrected chi connectivity index (χ2v) is 5.91. The zero-order chi connectivity index (χ0) is 14.1. The Balaban J connectivity index is 3.60. The van der Waals surface area contributed by atoms with Gasteiger partial charge in [-0.1, -0.05) is 34.6 Å². The molecule has 0 radical (unpaired) electrons. The van der Waals surface area contributed by atoms with Crippen molar-refractivity contribution in [1.29, 1.82) is 0 Å². The summed E-state index contributed by atoms with van der Waals surface area (Å²) in [6, 6.07) is 0.408. The lowest BCUT2D eigenvalue weighted by molar-refractivity contribution is 0.104. The Hall–Kier alpha value is -0.160. The quantitative estimate of drug-likeness (QED) is 0.442. The predicted molar refractivity (Wildman–Crippen MR) is 76.6 cm³/mol. The van der Waals surface area contributed by atoms with Crippen molar-refractivity contribution in [2.24, 2.45) is 11.8 Å². The SMILES string of the molecule is CC(C)NCC(O)C(C)CCNCC(O)C(C)C. The van der Waals surface area contributed by atoms with Crippen molar-refractivity contribution in [3.05, 3.63) is 0 Å². The summed E-state index contributed by atoms with van der Waals surface area (Å²) >= 11 is 0. The minimum absolute atomic E-state index is 0.264. The van der Waals surface area contributed by atoms with Crippen molar-refractivity contribution in [1.82, 2.24) is 10.6 Å². The van der Waals surface area contributed by atoms with Gasteiger partial charge in [-0.05, 0) is 24.8 Å². The standard InChI is InChI=1S/C14H32N2O2/c1-10(2)13(17)8-15-7-6-12(5)14(18)9-16-11(3)4/h10-18H,6-9H2,1-5H3. The Bertz CT molecular complexity index is 198. The fourth-order valence-electron chi connectivity index (χ4n) is 1.57. The van der Waals surface area contributed by atoms with Gasteiger partial charge in [-0.15, -0.1) is 0 Å². The van der Waals surface area contributed by atoms with Crippen molar-refractivity contribution in [3.8, 4) is 0 Å². The lowest BCUT2D eigenvalue weighted by Gasteiger charge is -2.21. The molecule has 4 heteroatoms. The Morgan fingerprint density at radius 3 is 2.00 bits per heavy atom. The molecule has 0 aromatic rings. The number of nitrogens with one attached hydrogen (secondary N) is 2. The van der Waals surface area contributed by atoms with Gasteiger partial charge in [-0.25, -0.2) is 0 Å². The monoisotopic (exact) mass is 260 g/mol. The van der Waals surface area contributed by atoms with E-state index in [2.05, 4.69) is 31.4 Å². The molecule has 0 spiro atoms. The Labute approximate surface area is 112 Å². The molecule has 3 atom stereocenters. The Kier molecular flexibility index (Phi) is 9.64. The molecule has 0 rings (SSSR count). The van der Waals surface area contributed by atoms with E-state index >= 15 is 0 Å². The Morgan fingerprint density at radius 2 is 1.50 bits per heavy atom. The largest absolute Gasteiger partial charge is 0.392 e. The van der Waals surface area contributed by atoms with Crippen LogP contribution in [0, 0.1) is 11.8 Å². The Morgan fingerprint density at radius 1 is 0.889 bits per heavy atom. The van der Waals surface area contributed by atoms with Crippen molar-refractivity contribution >= 4 is 0 Å². The van der Waals surface area contributed by atoms with E-state index in [-0.39, 0.29) is 24.0 Å². The zero-order valence-corrected chi connectivity index (χ0v) is 12.6. The molecule has 4 nitrogen and oxygen atoms in total. The second kappa shape index (κ2) is 9.73. The average Bonchev–Trinajstić information content (AvgIpc) is 2.30. The van der Waals surface area contributed by atoms with E-state index in [1.54, 1.807) is 0 Å². The first-order chi connectivity index (χ1) is 8.34. The number of aliphatic hydroxyl groups excluding tert-OH is 2. The van der Waals surface area contributed by atoms with Crippen LogP contribution < -0.4 is 10.6 Å². The van der Waals surface area contributed by atoms with Gasteiger partial charge in [0.05, 0.1) is 12.2 Å². The van der Waals surface area contributed by atoms with Gasteiger partial charge in [0.1, 0.15) is 0 Å². The van der Waals surface area contributed by atoms with E-state index in [4.69, 9.17) is 0 Å². The lowest BCUT2D eigenvalue weighted by Crippen LogP contribution is -2.37. The number of hydrogen-bond donors (Lipinski definition) is 4. The van der Waals surface area contributed by atoms with Gasteiger partial charge in [-0.2, -0.15) is 0 Å². The summed E-state index contributed by atoms with van der Waals surface area (Å²) in [5.74, 6) is 0.552. The number of aliphatic hydroxyl groups is 2. The minimum Gasteiger partial charge on any atom is -0.392 e. The van der Waals surface area contributed by atoms with E-state index in [0.717, 1.165) is 13.0 Å². The molecule has 0 fully saturated rings. The molecule has 0 amide bonds. The fourth-order valence-corrected chi connectivity index (χ4v) is 1.57. The van der Waals surface area contributed by atoms with E-state index in [1.165, 1.54) is 0 Å². The highest BCUT2D eigenvalue weighted by Crippen LogP contribution is 2.07. The van der Waals surface area contributed by atoms with Gasteiger partial charge in [0, 0.05) is 19.1 Å². The van der Waals surface area contributed by atoms with E-state index in [1.807, 2.05) is 13.8 Å². The van der Waals surface area contributed by atoms with Crippen LogP contribution in [0.4, 0.5) is 0 Å². The molecule has 0 aliphatic carbocycles. The summed E-state index contributed by atoms with van der Waals surface area (Å²) in [7, 11) is 0. The van der Waals surface area contributed by atoms with Crippen LogP contribution in [-0.2, 0) is 0 Å². The number of hydrogen-bond acceptors (Lipinski definition) is 4. The van der Waals surface area contributed by atoms with Crippen LogP contribution in [0.2, 0.25) is 0 Å². The smallest absolute Gasteiger partial charge is 0.0690 e. The highest BCUT2D eigenvalue weighted by atomic mass is 16.3. The maximum atomic E-state index is 9.92. The van der Waals surface area contributed by atoms with Gasteiger partial charge < -0.3 is 20.8 Å². The van der Waals surface area contributed by atoms with Crippen molar-refractivity contribution < 1.29 is 10.2 Å². The summed E-state index contributed by atoms with van der Waals surface area (Å²) in [6.07, 6.45) is 0.336. The van der Waals surface area contributed by atoms with Crippen LogP contribution in [0.1, 0.15) is 41.0 Å². The topological polar surface area (TPSA) is 64.5 Å². The molecule has 0 saturated carbocycles. The third-order valence-corrected chi connectivity index (χ3v) is 3.29. The summed E-state index contributed by atoms with van der Waals surface area (Å²) in [6.45, 7) is 12.3. The molecule has 110 valence electrons. The minimum atomic E-state index is -0.302. The molecule has 3 unspecified atom stereocenters. The molecule has 0 bridgehead atoms. The van der Waals surface area contributed by atoms with Crippen molar-refractivity contribution in [3.63, 3.8) is 0 Å². The molecule has 4 N–H and O–H groups in total. The molecule has 0 aliphatic rings. The number of rotatable bonds is 10. The maximum Gasteiger partial charge on any atom is 0.0690 e. The molecule has 0 aliphatic heterocycles. The summed E-state index contributed by atoms with van der Waals surface area (Å²) in [4.78, 5) is 0. The highest BCUT2D eigenvalue weighted by Gasteiger charge is 2.14. The van der Waals surface area contributed by atoms with Crippen molar-refractivity contribution in [2.75, 3.05) is 19.6 Å². The zero-order valence-electron chi connectivity index (χ0n) is 12.6. The fraction of sp³-hybridized carbons (Fsp3) is 1.00. The second-order valence-electron chi connectivity index (χ2n) is 5.91. The molecular weight excluding hydrogens is 228 g/mol. The molecule has 18 heavy (non-hydrogen) atoms. The van der Waals surface area contributed by atoms with Gasteiger partial charge in [0.25, 0.3) is 0 Å². The van der Waals surface area contributed by atoms with Crippen LogP contribution in [0.25, 0.3) is 0 Å². The first-order valence-corrected chi connectivity index (χ1v) is 7.14. The summed E-state index contributed by atoms with van der Waals surface area (Å²) < 4.78 is 0. The molecule has 0 aromatic heterocycles. The molecule has 0 heterocycles. The first kappa shape index (κ1) is 17.8. The highest BCUT2D eigenvalue weighted by molar-refractivity contribution is 4.70. The van der Waals surface area contributed by atoms with Gasteiger partial charge >= 0.3 is 0 Å². The van der Waals surface area contributed by atoms with E-state index < -0.39 is 0 Å². The van der Waals surface area contributed by atoms with E-state index in [9.17, 15) is 10.2 Å². The first-order valence-electron chi connectivity index (χ1n) is 7.14. The third kappa shape index (κ3) is 8.86. The van der Waals surface area contributed by atoms with Gasteiger partial charge in [-0.3, -0.25) is 0 Å². The van der Waals surface area contributed by atoms with E-state index in [0.29, 0.717) is 19.1 Å². The maximum absolute atomic E-state index is 9.92. The van der Waals surface area contributed by atoms with Crippen LogP contribution in [0.5, 0.6) is 0 Å². The molecule has 0 aromatic carbocycles. The van der Waals surface area contributed by atoms with Gasteiger partial charge in [0.15, 0.2) is 0 Å².